The van der Waals surface area contributed by atoms with Gasteiger partial charge in [-0.05, 0) is 17.0 Å². The molecule has 0 N–H and O–H groups in total. The number of fused-ring (bicyclic) bond motifs is 1. The lowest BCUT2D eigenvalue weighted by atomic mass is 10.2. The Morgan fingerprint density at radius 2 is 1.91 bits per heavy atom. The Morgan fingerprint density at radius 1 is 1.00 bits per heavy atom. The van der Waals surface area contributed by atoms with Gasteiger partial charge in [-0.2, -0.15) is 0 Å². The molecule has 1 aliphatic heterocycles. The van der Waals surface area contributed by atoms with Gasteiger partial charge < -0.3 is 0 Å². The van der Waals surface area contributed by atoms with E-state index < -0.39 is 0 Å². The first kappa shape index (κ1) is 6.74. The number of allylic oxidation sites excluding steroid dienone is 2. The predicted molar refractivity (Wildman–Crippen MR) is 50.5 cm³/mol. The maximum absolute atomic E-state index is 2.14. The molecule has 0 amide bonds. The molecule has 0 saturated carbocycles. The second-order valence-corrected chi connectivity index (χ2v) is 3.29. The van der Waals surface area contributed by atoms with Crippen LogP contribution >= 0.6 is 11.8 Å². The van der Waals surface area contributed by atoms with Crippen molar-refractivity contribution in [2.75, 3.05) is 0 Å². The van der Waals surface area contributed by atoms with Crippen LogP contribution in [0.15, 0.2) is 46.7 Å². The van der Waals surface area contributed by atoms with Crippen molar-refractivity contribution in [3.8, 4) is 0 Å². The summed E-state index contributed by atoms with van der Waals surface area (Å²) in [5.41, 5.74) is 1.31. The molecule has 1 aromatic carbocycles. The molecule has 0 nitrogen and oxygen atoms in total. The van der Waals surface area contributed by atoms with E-state index in [9.17, 15) is 0 Å². The Balaban J connectivity index is 2.52. The van der Waals surface area contributed by atoms with Crippen molar-refractivity contribution in [3.63, 3.8) is 0 Å². The van der Waals surface area contributed by atoms with Crippen molar-refractivity contribution < 1.29 is 0 Å². The van der Waals surface area contributed by atoms with E-state index in [0.29, 0.717) is 0 Å². The Kier molecular flexibility index (Phi) is 1.82. The smallest absolute Gasteiger partial charge is 0.0188 e. The van der Waals surface area contributed by atoms with Gasteiger partial charge in [0, 0.05) is 4.90 Å². The largest absolute Gasteiger partial charge is 0.0975 e. The molecule has 0 radical (unpaired) electrons. The third-order valence-electron chi connectivity index (χ3n) is 1.58. The molecule has 0 bridgehead atoms. The summed E-state index contributed by atoms with van der Waals surface area (Å²) in [6.45, 7) is 0. The van der Waals surface area contributed by atoms with E-state index >= 15 is 0 Å². The van der Waals surface area contributed by atoms with Gasteiger partial charge in [-0.3, -0.25) is 0 Å². The molecule has 1 aromatic rings. The lowest BCUT2D eigenvalue weighted by molar-refractivity contribution is 1.43. The molecule has 0 aromatic heterocycles. The second-order valence-electron chi connectivity index (χ2n) is 2.34. The first-order valence-electron chi connectivity index (χ1n) is 3.56. The fourth-order valence-electron chi connectivity index (χ4n) is 1.04. The summed E-state index contributed by atoms with van der Waals surface area (Å²) in [7, 11) is 0. The number of benzene rings is 1. The SMILES string of the molecule is C1=CSc2ccccc2C=C1. The van der Waals surface area contributed by atoms with Crippen LogP contribution in [0.1, 0.15) is 5.56 Å². The second kappa shape index (κ2) is 2.97. The molecule has 1 aliphatic rings. The van der Waals surface area contributed by atoms with Gasteiger partial charge >= 0.3 is 0 Å². The van der Waals surface area contributed by atoms with E-state index in [1.165, 1.54) is 10.5 Å². The van der Waals surface area contributed by atoms with Crippen molar-refractivity contribution in [2.45, 2.75) is 4.90 Å². The van der Waals surface area contributed by atoms with E-state index in [-0.39, 0.29) is 0 Å². The maximum atomic E-state index is 2.14. The average molecular weight is 160 g/mol. The van der Waals surface area contributed by atoms with Crippen molar-refractivity contribution >= 4 is 17.8 Å². The third kappa shape index (κ3) is 1.38. The molecule has 0 spiro atoms. The van der Waals surface area contributed by atoms with Crippen LogP contribution < -0.4 is 0 Å². The molecule has 11 heavy (non-hydrogen) atoms. The summed E-state index contributed by atoms with van der Waals surface area (Å²) in [5, 5.41) is 2.10. The van der Waals surface area contributed by atoms with Gasteiger partial charge in [-0.15, -0.1) is 0 Å². The van der Waals surface area contributed by atoms with Gasteiger partial charge in [0.25, 0.3) is 0 Å². The fraction of sp³-hybridized carbons (Fsp3) is 0. The summed E-state index contributed by atoms with van der Waals surface area (Å²) in [5.74, 6) is 0. The highest BCUT2D eigenvalue weighted by Gasteiger charge is 1.97. The number of thioether (sulfide) groups is 1. The maximum Gasteiger partial charge on any atom is 0.0188 e. The first-order valence-corrected chi connectivity index (χ1v) is 4.44. The van der Waals surface area contributed by atoms with Crippen LogP contribution in [0, 0.1) is 0 Å². The van der Waals surface area contributed by atoms with Crippen LogP contribution in [-0.2, 0) is 0 Å². The molecule has 0 fully saturated rings. The monoisotopic (exact) mass is 160 g/mol. The van der Waals surface area contributed by atoms with Crippen LogP contribution in [0.5, 0.6) is 0 Å². The summed E-state index contributed by atoms with van der Waals surface area (Å²) >= 11 is 1.77. The fourth-order valence-corrected chi connectivity index (χ4v) is 1.79. The van der Waals surface area contributed by atoms with Gasteiger partial charge in [0.15, 0.2) is 0 Å². The van der Waals surface area contributed by atoms with Crippen molar-refractivity contribution in [1.29, 1.82) is 0 Å². The van der Waals surface area contributed by atoms with Gasteiger partial charge in [0.1, 0.15) is 0 Å². The normalized spacial score (nSPS) is 14.2. The summed E-state index contributed by atoms with van der Waals surface area (Å²) in [4.78, 5) is 1.33. The van der Waals surface area contributed by atoms with Crippen LogP contribution in [0.4, 0.5) is 0 Å². The number of hydrogen-bond donors (Lipinski definition) is 0. The van der Waals surface area contributed by atoms with Crippen LogP contribution in [0.25, 0.3) is 6.08 Å². The Bertz CT molecular complexity index is 310. The predicted octanol–water partition coefficient (Wildman–Crippen LogP) is 3.32. The lowest BCUT2D eigenvalue weighted by Crippen LogP contribution is -1.73. The van der Waals surface area contributed by atoms with E-state index in [1.807, 2.05) is 0 Å². The number of hydrogen-bond acceptors (Lipinski definition) is 1. The molecule has 0 unspecified atom stereocenters. The van der Waals surface area contributed by atoms with Crippen LogP contribution in [0.3, 0.4) is 0 Å². The topological polar surface area (TPSA) is 0 Å². The molecule has 2 rings (SSSR count). The Labute approximate surface area is 70.6 Å². The van der Waals surface area contributed by atoms with Gasteiger partial charge in [-0.1, -0.05) is 48.2 Å². The highest BCUT2D eigenvalue weighted by Crippen LogP contribution is 2.26. The highest BCUT2D eigenvalue weighted by atomic mass is 32.2. The van der Waals surface area contributed by atoms with Gasteiger partial charge in [0.2, 0.25) is 0 Å². The molecule has 0 aliphatic carbocycles. The first-order chi connectivity index (χ1) is 5.47. The minimum absolute atomic E-state index is 1.31. The minimum atomic E-state index is 1.31. The van der Waals surface area contributed by atoms with Crippen molar-refractivity contribution in [3.05, 3.63) is 47.4 Å². The third-order valence-corrected chi connectivity index (χ3v) is 2.50. The number of rotatable bonds is 0. The molecule has 54 valence electrons. The molecule has 1 heterocycles. The molecule has 0 saturated heterocycles. The molecular weight excluding hydrogens is 152 g/mol. The van der Waals surface area contributed by atoms with E-state index in [0.717, 1.165) is 0 Å². The zero-order valence-electron chi connectivity index (χ0n) is 6.03. The van der Waals surface area contributed by atoms with E-state index in [2.05, 4.69) is 47.9 Å². The highest BCUT2D eigenvalue weighted by molar-refractivity contribution is 8.02. The Morgan fingerprint density at radius 3 is 2.91 bits per heavy atom. The summed E-state index contributed by atoms with van der Waals surface area (Å²) < 4.78 is 0. The van der Waals surface area contributed by atoms with E-state index in [4.69, 9.17) is 0 Å². The van der Waals surface area contributed by atoms with E-state index in [1.54, 1.807) is 11.8 Å². The average Bonchev–Trinajstić information content (AvgIpc) is 2.28. The summed E-state index contributed by atoms with van der Waals surface area (Å²) in [6, 6.07) is 8.40. The molecule has 0 atom stereocenters. The van der Waals surface area contributed by atoms with Gasteiger partial charge in [0.05, 0.1) is 0 Å². The quantitative estimate of drug-likeness (QED) is 0.561. The molecule has 1 heteroatoms. The summed E-state index contributed by atoms with van der Waals surface area (Å²) in [6.07, 6.45) is 6.26. The van der Waals surface area contributed by atoms with Crippen molar-refractivity contribution in [1.82, 2.24) is 0 Å². The zero-order chi connectivity index (χ0) is 7.52. The standard InChI is InChI=1S/C10H8S/c1-2-7-10-9(5-1)6-3-4-8-11-10/h1-8H. The zero-order valence-corrected chi connectivity index (χ0v) is 6.84. The Hall–Kier alpha value is -0.950. The van der Waals surface area contributed by atoms with Crippen LogP contribution in [0.2, 0.25) is 0 Å². The van der Waals surface area contributed by atoms with Gasteiger partial charge in [-0.25, -0.2) is 0 Å². The van der Waals surface area contributed by atoms with Crippen molar-refractivity contribution in [2.24, 2.45) is 0 Å². The van der Waals surface area contributed by atoms with Crippen LogP contribution in [-0.4, -0.2) is 0 Å². The minimum Gasteiger partial charge on any atom is -0.0975 e. The molecular formula is C10H8S. The lowest BCUT2D eigenvalue weighted by Gasteiger charge is -1.98.